The highest BCUT2D eigenvalue weighted by Crippen LogP contribution is 2.19. The molecule has 0 bridgehead atoms. The Bertz CT molecular complexity index is 495. The predicted octanol–water partition coefficient (Wildman–Crippen LogP) is -0.718. The number of amides is 1. The number of nitrogens with one attached hydrogen (secondary N) is 2. The lowest BCUT2D eigenvalue weighted by molar-refractivity contribution is -0.127. The molecule has 1 aliphatic heterocycles. The largest absolute Gasteiger partial charge is 0.355 e. The minimum absolute atomic E-state index is 0. The Balaban J connectivity index is 0.00000441. The lowest BCUT2D eigenvalue weighted by Gasteiger charge is -2.23. The Morgan fingerprint density at radius 1 is 1.36 bits per heavy atom. The van der Waals surface area contributed by atoms with Gasteiger partial charge in [-0.2, -0.15) is 4.31 Å². The second-order valence-corrected chi connectivity index (χ2v) is 7.20. The molecule has 1 aliphatic rings. The highest BCUT2D eigenvalue weighted by atomic mass is 127. The van der Waals surface area contributed by atoms with Crippen LogP contribution in [-0.4, -0.2) is 82.6 Å². The van der Waals surface area contributed by atoms with E-state index < -0.39 is 10.0 Å². The molecule has 1 amide bonds. The molecule has 22 heavy (non-hydrogen) atoms. The minimum atomic E-state index is -3.17. The molecule has 0 aromatic rings. The van der Waals surface area contributed by atoms with Crippen molar-refractivity contribution in [1.29, 1.82) is 0 Å². The fraction of sp³-hybridized carbons (Fsp3) is 0.833. The van der Waals surface area contributed by atoms with Gasteiger partial charge in [-0.25, -0.2) is 8.42 Å². The minimum Gasteiger partial charge on any atom is -0.355 e. The molecule has 0 aromatic carbocycles. The Kier molecular flexibility index (Phi) is 9.24. The Morgan fingerprint density at radius 3 is 2.50 bits per heavy atom. The van der Waals surface area contributed by atoms with Crippen LogP contribution in [0.25, 0.3) is 0 Å². The lowest BCUT2D eigenvalue weighted by atomic mass is 10.2. The number of carbonyl (C=O) groups is 1. The lowest BCUT2D eigenvalue weighted by Crippen LogP contribution is -2.48. The van der Waals surface area contributed by atoms with Crippen LogP contribution in [0, 0.1) is 0 Å². The molecule has 1 fully saturated rings. The van der Waals surface area contributed by atoms with Crippen LogP contribution in [0.3, 0.4) is 0 Å². The Labute approximate surface area is 149 Å². The second kappa shape index (κ2) is 9.50. The first-order valence-corrected chi connectivity index (χ1v) is 8.72. The van der Waals surface area contributed by atoms with E-state index in [9.17, 15) is 13.2 Å². The Morgan fingerprint density at radius 2 is 2.00 bits per heavy atom. The summed E-state index contributed by atoms with van der Waals surface area (Å²) in [7, 11) is 1.81. The quantitative estimate of drug-likeness (QED) is 0.330. The molecule has 0 radical (unpaired) electrons. The van der Waals surface area contributed by atoms with E-state index in [1.165, 1.54) is 15.5 Å². The van der Waals surface area contributed by atoms with E-state index in [0.717, 1.165) is 12.8 Å². The van der Waals surface area contributed by atoms with E-state index >= 15 is 0 Å². The molecule has 0 unspecified atom stereocenters. The number of likely N-dealkylation sites (N-methyl/N-ethyl adjacent to an activating group) is 1. The number of halogens is 1. The number of rotatable bonds is 5. The van der Waals surface area contributed by atoms with Crippen molar-refractivity contribution in [3.05, 3.63) is 0 Å². The first-order valence-electron chi connectivity index (χ1n) is 6.87. The number of nitrogens with zero attached hydrogens (tertiary/aromatic N) is 3. The normalized spacial score (nSPS) is 19.5. The van der Waals surface area contributed by atoms with Gasteiger partial charge in [0.2, 0.25) is 15.9 Å². The van der Waals surface area contributed by atoms with Crippen LogP contribution in [0.1, 0.15) is 12.8 Å². The van der Waals surface area contributed by atoms with Gasteiger partial charge in [0.15, 0.2) is 5.96 Å². The molecule has 130 valence electrons. The van der Waals surface area contributed by atoms with Gasteiger partial charge in [0.05, 0.1) is 12.8 Å². The third-order valence-electron chi connectivity index (χ3n) is 3.38. The van der Waals surface area contributed by atoms with E-state index in [-0.39, 0.29) is 42.5 Å². The van der Waals surface area contributed by atoms with Crippen molar-refractivity contribution in [3.63, 3.8) is 0 Å². The van der Waals surface area contributed by atoms with Crippen LogP contribution in [0.4, 0.5) is 0 Å². The van der Waals surface area contributed by atoms with E-state index in [0.29, 0.717) is 19.0 Å². The van der Waals surface area contributed by atoms with Crippen molar-refractivity contribution < 1.29 is 13.2 Å². The van der Waals surface area contributed by atoms with E-state index in [1.807, 2.05) is 0 Å². The molecule has 0 spiro atoms. The van der Waals surface area contributed by atoms with Crippen molar-refractivity contribution in [2.24, 2.45) is 4.99 Å². The third-order valence-corrected chi connectivity index (χ3v) is 4.72. The van der Waals surface area contributed by atoms with Crippen LogP contribution < -0.4 is 10.6 Å². The number of carbonyl (C=O) groups excluding carboxylic acids is 1. The van der Waals surface area contributed by atoms with Crippen LogP contribution in [0.2, 0.25) is 0 Å². The van der Waals surface area contributed by atoms with E-state index in [4.69, 9.17) is 0 Å². The van der Waals surface area contributed by atoms with Crippen molar-refractivity contribution in [2.75, 3.05) is 47.0 Å². The number of hydrogen-bond acceptors (Lipinski definition) is 4. The maximum absolute atomic E-state index is 11.7. The molecular weight excluding hydrogens is 421 g/mol. The van der Waals surface area contributed by atoms with Crippen LogP contribution in [0.15, 0.2) is 4.99 Å². The molecule has 10 heteroatoms. The van der Waals surface area contributed by atoms with Crippen molar-refractivity contribution >= 4 is 45.9 Å². The smallest absolute Gasteiger partial charge is 0.241 e. The summed E-state index contributed by atoms with van der Waals surface area (Å²) in [4.78, 5) is 17.0. The predicted molar refractivity (Wildman–Crippen MR) is 98.0 cm³/mol. The van der Waals surface area contributed by atoms with Gasteiger partial charge < -0.3 is 15.5 Å². The van der Waals surface area contributed by atoms with Crippen molar-refractivity contribution in [1.82, 2.24) is 19.8 Å². The van der Waals surface area contributed by atoms with Gasteiger partial charge >= 0.3 is 0 Å². The number of sulfonamides is 1. The summed E-state index contributed by atoms with van der Waals surface area (Å²) in [6, 6.07) is -0.0666. The van der Waals surface area contributed by atoms with Gasteiger partial charge in [-0.3, -0.25) is 9.79 Å². The van der Waals surface area contributed by atoms with Crippen molar-refractivity contribution in [2.45, 2.75) is 18.9 Å². The summed E-state index contributed by atoms with van der Waals surface area (Å²) in [5.41, 5.74) is 0. The number of aliphatic imine (C=N–C) groups is 1. The molecule has 8 nitrogen and oxygen atoms in total. The van der Waals surface area contributed by atoms with Gasteiger partial charge in [-0.05, 0) is 12.8 Å². The fourth-order valence-electron chi connectivity index (χ4n) is 2.20. The Hall–Kier alpha value is -0.620. The average Bonchev–Trinajstić information content (AvgIpc) is 2.86. The summed E-state index contributed by atoms with van der Waals surface area (Å²) in [6.07, 6.45) is 2.92. The van der Waals surface area contributed by atoms with E-state index in [2.05, 4.69) is 15.6 Å². The van der Waals surface area contributed by atoms with Crippen molar-refractivity contribution in [3.8, 4) is 0 Å². The summed E-state index contributed by atoms with van der Waals surface area (Å²) in [5.74, 6) is 0.433. The summed E-state index contributed by atoms with van der Waals surface area (Å²) in [5, 5.41) is 5.98. The van der Waals surface area contributed by atoms with E-state index in [1.54, 1.807) is 21.1 Å². The highest BCUT2D eigenvalue weighted by molar-refractivity contribution is 14.0. The first-order chi connectivity index (χ1) is 9.75. The zero-order valence-corrected chi connectivity index (χ0v) is 16.6. The number of guanidine groups is 1. The molecule has 0 saturated carbocycles. The zero-order valence-electron chi connectivity index (χ0n) is 13.5. The topological polar surface area (TPSA) is 94.1 Å². The SMILES string of the molecule is CN=C(NCC(=O)N(C)C)NC[C@H]1CCCN1S(C)(=O)=O.I. The molecule has 0 aromatic heterocycles. The zero-order chi connectivity index (χ0) is 16.0. The number of hydrogen-bond donors (Lipinski definition) is 2. The monoisotopic (exact) mass is 447 g/mol. The van der Waals surface area contributed by atoms with Gasteiger partial charge in [-0.1, -0.05) is 0 Å². The summed E-state index contributed by atoms with van der Waals surface area (Å²) < 4.78 is 24.8. The van der Waals surface area contributed by atoms with Crippen LogP contribution in [-0.2, 0) is 14.8 Å². The van der Waals surface area contributed by atoms with Crippen LogP contribution in [0.5, 0.6) is 0 Å². The van der Waals surface area contributed by atoms with Gasteiger partial charge in [-0.15, -0.1) is 24.0 Å². The summed E-state index contributed by atoms with van der Waals surface area (Å²) in [6.45, 7) is 1.19. The maximum Gasteiger partial charge on any atom is 0.241 e. The fourth-order valence-corrected chi connectivity index (χ4v) is 3.38. The third kappa shape index (κ3) is 6.65. The van der Waals surface area contributed by atoms with Gasteiger partial charge in [0.1, 0.15) is 0 Å². The standard InChI is InChI=1S/C12H25N5O3S.HI/c1-13-12(15-9-11(18)16(2)3)14-8-10-6-5-7-17(10)21(4,19)20;/h10H,5-9H2,1-4H3,(H2,13,14,15);1H/t10-;/m1./s1. The molecule has 1 heterocycles. The molecule has 2 N–H and O–H groups in total. The first kappa shape index (κ1) is 21.4. The van der Waals surface area contributed by atoms with Gasteiger partial charge in [0, 0.05) is 40.3 Å². The summed E-state index contributed by atoms with van der Waals surface area (Å²) >= 11 is 0. The molecule has 0 aliphatic carbocycles. The molecule has 1 saturated heterocycles. The molecular formula is C12H26IN5O3S. The van der Waals surface area contributed by atoms with Gasteiger partial charge in [0.25, 0.3) is 0 Å². The highest BCUT2D eigenvalue weighted by Gasteiger charge is 2.31. The molecule has 1 rings (SSSR count). The maximum atomic E-state index is 11.7. The van der Waals surface area contributed by atoms with Crippen LogP contribution >= 0.6 is 24.0 Å². The molecule has 1 atom stereocenters. The second-order valence-electron chi connectivity index (χ2n) is 5.26. The average molecular weight is 447 g/mol.